The summed E-state index contributed by atoms with van der Waals surface area (Å²) < 4.78 is 26.9. The number of nitrogens with zero attached hydrogens (tertiary/aromatic N) is 2. The summed E-state index contributed by atoms with van der Waals surface area (Å²) in [5.41, 5.74) is 0.576. The monoisotopic (exact) mass is 395 g/mol. The lowest BCUT2D eigenvalue weighted by Crippen LogP contribution is -2.34. The Hall–Kier alpha value is -2.23. The summed E-state index contributed by atoms with van der Waals surface area (Å²) in [7, 11) is -3.57. The molecule has 1 aliphatic heterocycles. The van der Waals surface area contributed by atoms with E-state index in [-0.39, 0.29) is 23.7 Å². The first kappa shape index (κ1) is 21.1. The molecule has 1 aromatic rings. The molecule has 2 N–H and O–H groups in total. The lowest BCUT2D eigenvalue weighted by molar-refractivity contribution is -0.137. The maximum absolute atomic E-state index is 12.7. The molecule has 0 aromatic heterocycles. The van der Waals surface area contributed by atoms with Gasteiger partial charge in [0.1, 0.15) is 5.70 Å². The molecule has 0 fully saturated rings. The molecule has 0 atom stereocenters. The zero-order valence-corrected chi connectivity index (χ0v) is 16.3. The molecule has 1 aliphatic rings. The number of carbonyl (C=O) groups excluding carboxylic acids is 2. The first-order chi connectivity index (χ1) is 12.8. The van der Waals surface area contributed by atoms with Crippen LogP contribution in [-0.2, 0) is 19.6 Å². The minimum atomic E-state index is -3.57. The molecule has 0 bridgehead atoms. The number of imide groups is 1. The van der Waals surface area contributed by atoms with Gasteiger partial charge in [-0.25, -0.2) is 8.42 Å². The number of hydrogen-bond donors (Lipinski definition) is 2. The molecule has 9 heteroatoms. The van der Waals surface area contributed by atoms with Crippen molar-refractivity contribution in [2.24, 2.45) is 0 Å². The van der Waals surface area contributed by atoms with Crippen molar-refractivity contribution in [1.29, 1.82) is 0 Å². The van der Waals surface area contributed by atoms with Crippen molar-refractivity contribution in [1.82, 2.24) is 9.21 Å². The van der Waals surface area contributed by atoms with Gasteiger partial charge in [-0.3, -0.25) is 14.5 Å². The number of hydrogen-bond acceptors (Lipinski definition) is 6. The minimum absolute atomic E-state index is 0.0682. The molecule has 0 radical (unpaired) electrons. The van der Waals surface area contributed by atoms with E-state index in [9.17, 15) is 18.0 Å². The van der Waals surface area contributed by atoms with E-state index in [1.807, 2.05) is 13.8 Å². The second-order valence-electron chi connectivity index (χ2n) is 6.13. The number of rotatable bonds is 10. The molecule has 0 spiro atoms. The summed E-state index contributed by atoms with van der Waals surface area (Å²) in [5.74, 6) is -1.02. The van der Waals surface area contributed by atoms with Crippen LogP contribution in [0.4, 0.5) is 5.69 Å². The van der Waals surface area contributed by atoms with Gasteiger partial charge in [-0.05, 0) is 37.1 Å². The number of aliphatic hydroxyl groups is 1. The average molecular weight is 395 g/mol. The van der Waals surface area contributed by atoms with Crippen LogP contribution in [0.5, 0.6) is 0 Å². The molecule has 8 nitrogen and oxygen atoms in total. The summed E-state index contributed by atoms with van der Waals surface area (Å²) >= 11 is 0. The van der Waals surface area contributed by atoms with Crippen LogP contribution in [0.15, 0.2) is 40.9 Å². The second kappa shape index (κ2) is 9.12. The van der Waals surface area contributed by atoms with Crippen LogP contribution in [-0.4, -0.2) is 60.8 Å². The Morgan fingerprint density at radius 3 is 2.19 bits per heavy atom. The topological polar surface area (TPSA) is 107 Å². The smallest absolute Gasteiger partial charge is 0.277 e. The van der Waals surface area contributed by atoms with E-state index in [1.54, 1.807) is 12.1 Å². The number of anilines is 1. The van der Waals surface area contributed by atoms with Gasteiger partial charge in [0.2, 0.25) is 10.0 Å². The number of aliphatic hydroxyl groups excluding tert-OH is 1. The van der Waals surface area contributed by atoms with Crippen molar-refractivity contribution < 1.29 is 23.1 Å². The second-order valence-corrected chi connectivity index (χ2v) is 8.07. The Labute approximate surface area is 159 Å². The van der Waals surface area contributed by atoms with E-state index in [2.05, 4.69) is 5.32 Å². The highest BCUT2D eigenvalue weighted by atomic mass is 32.2. The number of β-amino-alcohol motifs (C(OH)–C–C–N with tert-alkyl or cyclic N) is 1. The first-order valence-corrected chi connectivity index (χ1v) is 10.3. The molecule has 2 rings (SSSR count). The van der Waals surface area contributed by atoms with Gasteiger partial charge < -0.3 is 10.4 Å². The zero-order chi connectivity index (χ0) is 20.0. The van der Waals surface area contributed by atoms with E-state index < -0.39 is 21.8 Å². The van der Waals surface area contributed by atoms with Gasteiger partial charge >= 0.3 is 0 Å². The minimum Gasteiger partial charge on any atom is -0.395 e. The Balaban J connectivity index is 2.15. The standard InChI is InChI=1S/C18H25N3O5S/c1-3-9-20(10-4-2)27(25,26)15-7-5-14(6-8-15)19-16-13-17(23)21(11-12-22)18(16)24/h5-8,13,19,22H,3-4,9-12H2,1-2H3. The van der Waals surface area contributed by atoms with E-state index in [1.165, 1.54) is 16.4 Å². The maximum atomic E-state index is 12.7. The molecular weight excluding hydrogens is 370 g/mol. The van der Waals surface area contributed by atoms with Gasteiger partial charge in [-0.15, -0.1) is 0 Å². The summed E-state index contributed by atoms with van der Waals surface area (Å²) in [5, 5.41) is 11.7. The van der Waals surface area contributed by atoms with Gasteiger partial charge in [0, 0.05) is 24.9 Å². The van der Waals surface area contributed by atoms with Gasteiger partial charge in [-0.2, -0.15) is 4.31 Å². The highest BCUT2D eigenvalue weighted by molar-refractivity contribution is 7.89. The molecule has 1 aromatic carbocycles. The Kier molecular flexibility index (Phi) is 7.11. The summed E-state index contributed by atoms with van der Waals surface area (Å²) in [6.45, 7) is 4.40. The fraction of sp³-hybridized carbons (Fsp3) is 0.444. The van der Waals surface area contributed by atoms with E-state index >= 15 is 0 Å². The van der Waals surface area contributed by atoms with Gasteiger partial charge in [0.15, 0.2) is 0 Å². The average Bonchev–Trinajstić information content (AvgIpc) is 2.90. The normalized spacial score (nSPS) is 14.8. The highest BCUT2D eigenvalue weighted by Crippen LogP contribution is 2.21. The molecule has 0 saturated carbocycles. The van der Waals surface area contributed by atoms with Crippen molar-refractivity contribution in [3.63, 3.8) is 0 Å². The molecule has 0 aliphatic carbocycles. The third-order valence-corrected chi connectivity index (χ3v) is 5.96. The number of carbonyl (C=O) groups is 2. The third kappa shape index (κ3) is 4.74. The van der Waals surface area contributed by atoms with Crippen LogP contribution in [0, 0.1) is 0 Å². The van der Waals surface area contributed by atoms with Crippen molar-refractivity contribution in [2.75, 3.05) is 31.6 Å². The predicted molar refractivity (Wildman–Crippen MR) is 101 cm³/mol. The van der Waals surface area contributed by atoms with E-state index in [0.29, 0.717) is 18.8 Å². The largest absolute Gasteiger partial charge is 0.395 e. The van der Waals surface area contributed by atoms with Crippen LogP contribution in [0.2, 0.25) is 0 Å². The predicted octanol–water partition coefficient (Wildman–Crippen LogP) is 1.15. The maximum Gasteiger partial charge on any atom is 0.277 e. The molecule has 1 heterocycles. The molecule has 148 valence electrons. The Morgan fingerprint density at radius 1 is 1.07 bits per heavy atom. The Morgan fingerprint density at radius 2 is 1.67 bits per heavy atom. The van der Waals surface area contributed by atoms with E-state index in [0.717, 1.165) is 23.8 Å². The zero-order valence-electron chi connectivity index (χ0n) is 15.5. The van der Waals surface area contributed by atoms with Gasteiger partial charge in [0.05, 0.1) is 18.0 Å². The van der Waals surface area contributed by atoms with Crippen molar-refractivity contribution in [3.05, 3.63) is 36.0 Å². The molecule has 0 saturated heterocycles. The Bertz CT molecular complexity index is 812. The third-order valence-electron chi connectivity index (χ3n) is 4.05. The summed E-state index contributed by atoms with van der Waals surface area (Å²) in [6, 6.07) is 6.05. The lowest BCUT2D eigenvalue weighted by atomic mass is 10.3. The van der Waals surface area contributed by atoms with Gasteiger partial charge in [-0.1, -0.05) is 13.8 Å². The van der Waals surface area contributed by atoms with Crippen LogP contribution >= 0.6 is 0 Å². The highest BCUT2D eigenvalue weighted by Gasteiger charge is 2.30. The van der Waals surface area contributed by atoms with Crippen LogP contribution in [0.3, 0.4) is 0 Å². The molecular formula is C18H25N3O5S. The number of amides is 2. The van der Waals surface area contributed by atoms with E-state index in [4.69, 9.17) is 5.11 Å². The van der Waals surface area contributed by atoms with Gasteiger partial charge in [0.25, 0.3) is 11.8 Å². The SMILES string of the molecule is CCCN(CCC)S(=O)(=O)c1ccc(NC2=CC(=O)N(CCO)C2=O)cc1. The first-order valence-electron chi connectivity index (χ1n) is 8.90. The molecule has 0 unspecified atom stereocenters. The fourth-order valence-corrected chi connectivity index (χ4v) is 4.40. The van der Waals surface area contributed by atoms with Crippen molar-refractivity contribution in [3.8, 4) is 0 Å². The number of benzene rings is 1. The fourth-order valence-electron chi connectivity index (χ4n) is 2.78. The quantitative estimate of drug-likeness (QED) is 0.576. The van der Waals surface area contributed by atoms with Crippen LogP contribution in [0.25, 0.3) is 0 Å². The lowest BCUT2D eigenvalue weighted by Gasteiger charge is -2.21. The summed E-state index contributed by atoms with van der Waals surface area (Å²) in [4.78, 5) is 25.0. The molecule has 27 heavy (non-hydrogen) atoms. The van der Waals surface area contributed by atoms with Crippen molar-refractivity contribution >= 4 is 27.5 Å². The van der Waals surface area contributed by atoms with Crippen LogP contribution < -0.4 is 5.32 Å². The number of nitrogens with one attached hydrogen (secondary N) is 1. The van der Waals surface area contributed by atoms with Crippen molar-refractivity contribution in [2.45, 2.75) is 31.6 Å². The summed E-state index contributed by atoms with van der Waals surface area (Å²) in [6.07, 6.45) is 2.62. The number of sulfonamides is 1. The molecule has 2 amide bonds. The van der Waals surface area contributed by atoms with Crippen LogP contribution in [0.1, 0.15) is 26.7 Å².